The van der Waals surface area contributed by atoms with Gasteiger partial charge >= 0.3 is 0 Å². The highest BCUT2D eigenvalue weighted by Gasteiger charge is 2.23. The maximum absolute atomic E-state index is 5.70. The molecule has 1 aliphatic carbocycles. The number of nitrogens with zero attached hydrogens (tertiary/aromatic N) is 1. The molecule has 4 rings (SSSR count). The van der Waals surface area contributed by atoms with Gasteiger partial charge in [0.2, 0.25) is 5.88 Å². The first-order valence-corrected chi connectivity index (χ1v) is 7.65. The van der Waals surface area contributed by atoms with Gasteiger partial charge in [0.25, 0.3) is 0 Å². The minimum Gasteiger partial charge on any atom is -0.448 e. The zero-order valence-electron chi connectivity index (χ0n) is 12.3. The average molecular weight is 277 g/mol. The van der Waals surface area contributed by atoms with Gasteiger partial charge in [0.05, 0.1) is 12.0 Å². The van der Waals surface area contributed by atoms with Crippen LogP contribution in [0.2, 0.25) is 0 Å². The Kier molecular flexibility index (Phi) is 2.95. The van der Waals surface area contributed by atoms with Crippen molar-refractivity contribution in [1.29, 1.82) is 0 Å². The number of fused-ring (bicyclic) bond motifs is 1. The number of rotatable bonds is 2. The predicted molar refractivity (Wildman–Crippen MR) is 84.7 cm³/mol. The van der Waals surface area contributed by atoms with E-state index in [1.165, 1.54) is 35.4 Å². The van der Waals surface area contributed by atoms with E-state index < -0.39 is 0 Å². The highest BCUT2D eigenvalue weighted by atomic mass is 16.3. The van der Waals surface area contributed by atoms with Crippen molar-refractivity contribution in [1.82, 2.24) is 4.57 Å². The molecule has 2 aromatic heterocycles. The van der Waals surface area contributed by atoms with Gasteiger partial charge in [-0.25, -0.2) is 0 Å². The Morgan fingerprint density at radius 1 is 1.10 bits per heavy atom. The van der Waals surface area contributed by atoms with Crippen molar-refractivity contribution in [3.05, 3.63) is 66.1 Å². The molecule has 3 aromatic rings. The summed E-state index contributed by atoms with van der Waals surface area (Å²) < 4.78 is 8.00. The highest BCUT2D eigenvalue weighted by molar-refractivity contribution is 5.65. The van der Waals surface area contributed by atoms with Crippen molar-refractivity contribution in [3.63, 3.8) is 0 Å². The summed E-state index contributed by atoms with van der Waals surface area (Å²) in [7, 11) is 0. The molecule has 0 radical (unpaired) electrons. The van der Waals surface area contributed by atoms with Crippen LogP contribution in [0.25, 0.3) is 17.1 Å². The molecule has 1 unspecified atom stereocenters. The second-order valence-corrected chi connectivity index (χ2v) is 6.00. The molecule has 0 N–H and O–H groups in total. The summed E-state index contributed by atoms with van der Waals surface area (Å²) in [5, 5.41) is 0. The lowest BCUT2D eigenvalue weighted by atomic mass is 9.89. The Labute approximate surface area is 125 Å². The summed E-state index contributed by atoms with van der Waals surface area (Å²) in [5.74, 6) is 1.69. The van der Waals surface area contributed by atoms with E-state index in [1.54, 1.807) is 6.26 Å². The standard InChI is InChI=1S/C19H19NO/c1-14-9-10-17-16(12-14)13-18(15-6-3-2-4-7-15)20(17)19-8-5-11-21-19/h2-8,11,13-14H,9-10,12H2,1H3. The van der Waals surface area contributed by atoms with Gasteiger partial charge in [-0.3, -0.25) is 4.57 Å². The first-order valence-electron chi connectivity index (χ1n) is 7.65. The molecule has 1 atom stereocenters. The molecule has 2 heteroatoms. The second kappa shape index (κ2) is 4.96. The zero-order chi connectivity index (χ0) is 14.2. The lowest BCUT2D eigenvalue weighted by molar-refractivity contribution is 0.481. The molecule has 1 aliphatic rings. The molecule has 0 bridgehead atoms. The molecule has 0 fully saturated rings. The minimum atomic E-state index is 0.772. The molecule has 0 aliphatic heterocycles. The molecule has 106 valence electrons. The topological polar surface area (TPSA) is 18.1 Å². The van der Waals surface area contributed by atoms with Crippen LogP contribution in [0.1, 0.15) is 24.6 Å². The van der Waals surface area contributed by atoms with Crippen molar-refractivity contribution < 1.29 is 4.42 Å². The maximum Gasteiger partial charge on any atom is 0.203 e. The molecule has 0 amide bonds. The Bertz CT molecular complexity index is 737. The van der Waals surface area contributed by atoms with E-state index in [0.717, 1.165) is 18.2 Å². The van der Waals surface area contributed by atoms with Crippen LogP contribution in [0.4, 0.5) is 0 Å². The van der Waals surface area contributed by atoms with E-state index in [1.807, 2.05) is 12.1 Å². The van der Waals surface area contributed by atoms with Gasteiger partial charge in [-0.1, -0.05) is 37.3 Å². The molecule has 21 heavy (non-hydrogen) atoms. The number of benzene rings is 1. The van der Waals surface area contributed by atoms with Gasteiger partial charge in [-0.05, 0) is 48.4 Å². The van der Waals surface area contributed by atoms with Gasteiger partial charge in [0.15, 0.2) is 0 Å². The van der Waals surface area contributed by atoms with Crippen molar-refractivity contribution in [2.75, 3.05) is 0 Å². The fourth-order valence-corrected chi connectivity index (χ4v) is 3.38. The van der Waals surface area contributed by atoms with Gasteiger partial charge in [-0.2, -0.15) is 0 Å². The normalized spacial score (nSPS) is 17.7. The van der Waals surface area contributed by atoms with Crippen LogP contribution in [-0.4, -0.2) is 4.57 Å². The summed E-state index contributed by atoms with van der Waals surface area (Å²) in [6.07, 6.45) is 5.31. The summed E-state index contributed by atoms with van der Waals surface area (Å²) in [5.41, 5.74) is 5.38. The summed E-state index contributed by atoms with van der Waals surface area (Å²) >= 11 is 0. The molecular weight excluding hydrogens is 258 g/mol. The second-order valence-electron chi connectivity index (χ2n) is 6.00. The lowest BCUT2D eigenvalue weighted by Gasteiger charge is -2.20. The molecule has 0 saturated heterocycles. The van der Waals surface area contributed by atoms with Crippen LogP contribution < -0.4 is 0 Å². The summed E-state index contributed by atoms with van der Waals surface area (Å²) in [6.45, 7) is 2.34. The number of furan rings is 1. The Balaban J connectivity index is 1.94. The van der Waals surface area contributed by atoms with E-state index in [0.29, 0.717) is 0 Å². The summed E-state index contributed by atoms with van der Waals surface area (Å²) in [6, 6.07) is 16.9. The van der Waals surface area contributed by atoms with E-state index in [-0.39, 0.29) is 0 Å². The first-order chi connectivity index (χ1) is 10.3. The van der Waals surface area contributed by atoms with E-state index in [2.05, 4.69) is 47.9 Å². The van der Waals surface area contributed by atoms with Gasteiger partial charge in [0.1, 0.15) is 0 Å². The van der Waals surface area contributed by atoms with Gasteiger partial charge < -0.3 is 4.42 Å². The SMILES string of the molecule is CC1CCc2c(cc(-c3ccccc3)n2-c2ccco2)C1. The van der Waals surface area contributed by atoms with Crippen LogP contribution in [0.3, 0.4) is 0 Å². The third kappa shape index (κ3) is 2.11. The van der Waals surface area contributed by atoms with Crippen molar-refractivity contribution in [2.24, 2.45) is 5.92 Å². The zero-order valence-corrected chi connectivity index (χ0v) is 12.3. The fourth-order valence-electron chi connectivity index (χ4n) is 3.38. The van der Waals surface area contributed by atoms with Crippen molar-refractivity contribution in [2.45, 2.75) is 26.2 Å². The van der Waals surface area contributed by atoms with E-state index >= 15 is 0 Å². The van der Waals surface area contributed by atoms with Crippen LogP contribution in [-0.2, 0) is 12.8 Å². The largest absolute Gasteiger partial charge is 0.448 e. The van der Waals surface area contributed by atoms with Crippen LogP contribution in [0.5, 0.6) is 0 Å². The number of hydrogen-bond acceptors (Lipinski definition) is 1. The average Bonchev–Trinajstić information content (AvgIpc) is 3.14. The van der Waals surface area contributed by atoms with Crippen molar-refractivity contribution in [3.8, 4) is 17.1 Å². The molecule has 2 nitrogen and oxygen atoms in total. The third-order valence-electron chi connectivity index (χ3n) is 4.43. The Morgan fingerprint density at radius 3 is 2.71 bits per heavy atom. The number of hydrogen-bond donors (Lipinski definition) is 0. The molecule has 0 spiro atoms. The number of aromatic nitrogens is 1. The van der Waals surface area contributed by atoms with Gasteiger partial charge in [-0.15, -0.1) is 0 Å². The maximum atomic E-state index is 5.70. The lowest BCUT2D eigenvalue weighted by Crippen LogP contribution is -2.13. The molecule has 0 saturated carbocycles. The van der Waals surface area contributed by atoms with Crippen molar-refractivity contribution >= 4 is 0 Å². The quantitative estimate of drug-likeness (QED) is 0.654. The minimum absolute atomic E-state index is 0.772. The van der Waals surface area contributed by atoms with E-state index in [9.17, 15) is 0 Å². The van der Waals surface area contributed by atoms with E-state index in [4.69, 9.17) is 4.42 Å². The van der Waals surface area contributed by atoms with Crippen LogP contribution >= 0.6 is 0 Å². The predicted octanol–water partition coefficient (Wildman–Crippen LogP) is 4.86. The molecule has 2 heterocycles. The molecule has 1 aromatic carbocycles. The first kappa shape index (κ1) is 12.5. The van der Waals surface area contributed by atoms with Crippen LogP contribution in [0, 0.1) is 5.92 Å². The smallest absolute Gasteiger partial charge is 0.203 e. The monoisotopic (exact) mass is 277 g/mol. The molecular formula is C19H19NO. The fraction of sp³-hybridized carbons (Fsp3) is 0.263. The Morgan fingerprint density at radius 2 is 1.95 bits per heavy atom. The van der Waals surface area contributed by atoms with Gasteiger partial charge in [0, 0.05) is 11.8 Å². The highest BCUT2D eigenvalue weighted by Crippen LogP contribution is 2.35. The summed E-state index contributed by atoms with van der Waals surface area (Å²) in [4.78, 5) is 0. The third-order valence-corrected chi connectivity index (χ3v) is 4.43. The van der Waals surface area contributed by atoms with Crippen LogP contribution in [0.15, 0.2) is 59.2 Å². The Hall–Kier alpha value is -2.22.